The number of ether oxygens (including phenoxy) is 1. The van der Waals surface area contributed by atoms with Crippen molar-refractivity contribution < 1.29 is 4.74 Å². The molecule has 1 fully saturated rings. The van der Waals surface area contributed by atoms with Crippen molar-refractivity contribution in [2.24, 2.45) is 13.0 Å². The van der Waals surface area contributed by atoms with Crippen LogP contribution in [0.3, 0.4) is 0 Å². The fourth-order valence-corrected chi connectivity index (χ4v) is 3.15. The van der Waals surface area contributed by atoms with E-state index >= 15 is 0 Å². The highest BCUT2D eigenvalue weighted by molar-refractivity contribution is 5.85. The second kappa shape index (κ2) is 5.25. The maximum atomic E-state index is 5.35. The Morgan fingerprint density at radius 2 is 2.32 bits per heavy atom. The van der Waals surface area contributed by atoms with Crippen molar-refractivity contribution in [3.8, 4) is 5.75 Å². The predicted molar refractivity (Wildman–Crippen MR) is 78.8 cm³/mol. The Morgan fingerprint density at radius 1 is 1.42 bits per heavy atom. The molecule has 1 unspecified atom stereocenters. The molecule has 1 N–H and O–H groups in total. The summed E-state index contributed by atoms with van der Waals surface area (Å²) in [6.07, 6.45) is 6.09. The van der Waals surface area contributed by atoms with Crippen LogP contribution in [-0.2, 0) is 13.5 Å². The van der Waals surface area contributed by atoms with E-state index < -0.39 is 0 Å². The maximum absolute atomic E-state index is 5.35. The minimum atomic E-state index is 0.769. The van der Waals surface area contributed by atoms with Crippen LogP contribution in [0.5, 0.6) is 5.75 Å². The molecule has 0 amide bonds. The molecule has 102 valence electrons. The molecule has 0 saturated carbocycles. The summed E-state index contributed by atoms with van der Waals surface area (Å²) in [6, 6.07) is 6.35. The minimum Gasteiger partial charge on any atom is -0.497 e. The lowest BCUT2D eigenvalue weighted by Gasteiger charge is -2.22. The number of hydrogen-bond donors (Lipinski definition) is 1. The van der Waals surface area contributed by atoms with Crippen LogP contribution in [0.15, 0.2) is 24.4 Å². The summed E-state index contributed by atoms with van der Waals surface area (Å²) in [4.78, 5) is 0. The lowest BCUT2D eigenvalue weighted by molar-refractivity contribution is 0.376. The second-order valence-corrected chi connectivity index (χ2v) is 5.56. The molecule has 0 radical (unpaired) electrons. The molecule has 2 aromatic rings. The first-order valence-electron chi connectivity index (χ1n) is 7.10. The number of nitrogens with zero attached hydrogens (tertiary/aromatic N) is 1. The van der Waals surface area contributed by atoms with Gasteiger partial charge in [0.25, 0.3) is 0 Å². The van der Waals surface area contributed by atoms with Gasteiger partial charge in [-0.1, -0.05) is 0 Å². The summed E-state index contributed by atoms with van der Waals surface area (Å²) in [5.41, 5.74) is 2.74. The first-order chi connectivity index (χ1) is 9.28. The average molecular weight is 258 g/mol. The van der Waals surface area contributed by atoms with Crippen molar-refractivity contribution in [2.45, 2.75) is 19.3 Å². The topological polar surface area (TPSA) is 26.2 Å². The van der Waals surface area contributed by atoms with Crippen LogP contribution in [-0.4, -0.2) is 24.8 Å². The van der Waals surface area contributed by atoms with Crippen LogP contribution >= 0.6 is 0 Å². The fraction of sp³-hybridized carbons (Fsp3) is 0.500. The largest absolute Gasteiger partial charge is 0.497 e. The van der Waals surface area contributed by atoms with Crippen LogP contribution in [0, 0.1) is 5.92 Å². The van der Waals surface area contributed by atoms with E-state index in [0.29, 0.717) is 0 Å². The van der Waals surface area contributed by atoms with E-state index in [0.717, 1.165) is 24.6 Å². The van der Waals surface area contributed by atoms with Crippen molar-refractivity contribution in [1.82, 2.24) is 9.88 Å². The van der Waals surface area contributed by atoms with Gasteiger partial charge in [-0.15, -0.1) is 0 Å². The number of fused-ring (bicyclic) bond motifs is 1. The standard InChI is InChI=1S/C16H22N2O/c1-18-11-13(8-12-4-3-7-17-10-12)15-9-14(19-2)5-6-16(15)18/h5-6,9,11-12,17H,3-4,7-8,10H2,1-2H3. The van der Waals surface area contributed by atoms with E-state index in [1.165, 1.54) is 35.9 Å². The Hall–Kier alpha value is -1.48. The molecule has 1 saturated heterocycles. The molecule has 3 nitrogen and oxygen atoms in total. The number of benzene rings is 1. The summed E-state index contributed by atoms with van der Waals surface area (Å²) >= 11 is 0. The average Bonchev–Trinajstić information content (AvgIpc) is 2.76. The number of rotatable bonds is 3. The number of hydrogen-bond acceptors (Lipinski definition) is 2. The molecule has 0 bridgehead atoms. The third-order valence-corrected chi connectivity index (χ3v) is 4.19. The van der Waals surface area contributed by atoms with Gasteiger partial charge in [0.05, 0.1) is 7.11 Å². The third kappa shape index (κ3) is 2.47. The summed E-state index contributed by atoms with van der Waals surface area (Å²) < 4.78 is 7.58. The number of aryl methyl sites for hydroxylation is 1. The molecular weight excluding hydrogens is 236 g/mol. The van der Waals surface area contributed by atoms with Crippen molar-refractivity contribution >= 4 is 10.9 Å². The third-order valence-electron chi connectivity index (χ3n) is 4.19. The van der Waals surface area contributed by atoms with Gasteiger partial charge in [-0.3, -0.25) is 0 Å². The molecular formula is C16H22N2O. The Bertz CT molecular complexity index is 567. The minimum absolute atomic E-state index is 0.769. The van der Waals surface area contributed by atoms with Gasteiger partial charge >= 0.3 is 0 Å². The zero-order chi connectivity index (χ0) is 13.2. The highest BCUT2D eigenvalue weighted by atomic mass is 16.5. The molecule has 19 heavy (non-hydrogen) atoms. The van der Waals surface area contributed by atoms with Crippen LogP contribution in [0.4, 0.5) is 0 Å². The quantitative estimate of drug-likeness (QED) is 0.916. The SMILES string of the molecule is COc1ccc2c(c1)c(CC1CCCNC1)cn2C. The van der Waals surface area contributed by atoms with E-state index in [1.54, 1.807) is 7.11 Å². The zero-order valence-corrected chi connectivity index (χ0v) is 11.8. The number of piperidine rings is 1. The Kier molecular flexibility index (Phi) is 3.47. The smallest absolute Gasteiger partial charge is 0.119 e. The highest BCUT2D eigenvalue weighted by Gasteiger charge is 2.16. The molecule has 3 rings (SSSR count). The number of aromatic nitrogens is 1. The number of nitrogens with one attached hydrogen (secondary N) is 1. The van der Waals surface area contributed by atoms with E-state index in [1.807, 2.05) is 6.07 Å². The fourth-order valence-electron chi connectivity index (χ4n) is 3.15. The Balaban J connectivity index is 1.93. The lowest BCUT2D eigenvalue weighted by atomic mass is 9.92. The van der Waals surface area contributed by atoms with Crippen LogP contribution in [0.1, 0.15) is 18.4 Å². The van der Waals surface area contributed by atoms with E-state index in [2.05, 4.69) is 35.3 Å². The number of methoxy groups -OCH3 is 1. The van der Waals surface area contributed by atoms with E-state index in [4.69, 9.17) is 4.74 Å². The summed E-state index contributed by atoms with van der Waals surface area (Å²) in [6.45, 7) is 2.33. The normalized spacial score (nSPS) is 19.8. The molecule has 0 aliphatic carbocycles. The van der Waals surface area contributed by atoms with Gasteiger partial charge in [0, 0.05) is 24.1 Å². The van der Waals surface area contributed by atoms with Crippen LogP contribution in [0.2, 0.25) is 0 Å². The summed E-state index contributed by atoms with van der Waals surface area (Å²) in [7, 11) is 3.85. The molecule has 1 aromatic carbocycles. The lowest BCUT2D eigenvalue weighted by Crippen LogP contribution is -2.30. The van der Waals surface area contributed by atoms with Crippen LogP contribution < -0.4 is 10.1 Å². The molecule has 1 atom stereocenters. The van der Waals surface area contributed by atoms with Gasteiger partial charge in [-0.05, 0) is 62.0 Å². The van der Waals surface area contributed by atoms with Crippen LogP contribution in [0.25, 0.3) is 10.9 Å². The van der Waals surface area contributed by atoms with Gasteiger partial charge < -0.3 is 14.6 Å². The Labute approximate surface area is 114 Å². The van der Waals surface area contributed by atoms with Crippen molar-refractivity contribution in [3.05, 3.63) is 30.0 Å². The van der Waals surface area contributed by atoms with E-state index in [9.17, 15) is 0 Å². The molecule has 2 heterocycles. The molecule has 1 aliphatic rings. The van der Waals surface area contributed by atoms with Gasteiger partial charge in [0.2, 0.25) is 0 Å². The first kappa shape index (κ1) is 12.5. The van der Waals surface area contributed by atoms with Crippen molar-refractivity contribution in [2.75, 3.05) is 20.2 Å². The highest BCUT2D eigenvalue weighted by Crippen LogP contribution is 2.28. The van der Waals surface area contributed by atoms with Crippen molar-refractivity contribution in [3.63, 3.8) is 0 Å². The first-order valence-corrected chi connectivity index (χ1v) is 7.10. The molecule has 1 aromatic heterocycles. The molecule has 1 aliphatic heterocycles. The van der Waals surface area contributed by atoms with E-state index in [-0.39, 0.29) is 0 Å². The Morgan fingerprint density at radius 3 is 3.05 bits per heavy atom. The van der Waals surface area contributed by atoms with Gasteiger partial charge in [0.1, 0.15) is 5.75 Å². The molecule has 0 spiro atoms. The van der Waals surface area contributed by atoms with Gasteiger partial charge in [-0.2, -0.15) is 0 Å². The summed E-state index contributed by atoms with van der Waals surface area (Å²) in [5, 5.41) is 4.84. The predicted octanol–water partition coefficient (Wildman–Crippen LogP) is 2.73. The maximum Gasteiger partial charge on any atom is 0.119 e. The zero-order valence-electron chi connectivity index (χ0n) is 11.8. The van der Waals surface area contributed by atoms with Crippen molar-refractivity contribution in [1.29, 1.82) is 0 Å². The monoisotopic (exact) mass is 258 g/mol. The second-order valence-electron chi connectivity index (χ2n) is 5.56. The molecule has 3 heteroatoms. The summed E-state index contributed by atoms with van der Waals surface area (Å²) in [5.74, 6) is 1.72. The van der Waals surface area contributed by atoms with Gasteiger partial charge in [0.15, 0.2) is 0 Å². The van der Waals surface area contributed by atoms with Gasteiger partial charge in [-0.25, -0.2) is 0 Å².